The van der Waals surface area contributed by atoms with Gasteiger partial charge in [-0.2, -0.15) is 0 Å². The van der Waals surface area contributed by atoms with Gasteiger partial charge in [-0.25, -0.2) is 0 Å². The molecule has 0 saturated heterocycles. The summed E-state index contributed by atoms with van der Waals surface area (Å²) < 4.78 is 0.262. The molecule has 4 nitrogen and oxygen atoms in total. The molecule has 16 heavy (non-hydrogen) atoms. The third-order valence-corrected chi connectivity index (χ3v) is 3.84. The number of hydrogen-bond donors (Lipinski definition) is 0. The predicted molar refractivity (Wildman–Crippen MR) is 56.7 cm³/mol. The van der Waals surface area contributed by atoms with Crippen molar-refractivity contribution in [2.75, 3.05) is 0 Å². The Kier molecular flexibility index (Phi) is 16.9. The molecule has 2 unspecified atom stereocenters. The minimum absolute atomic E-state index is 0. The van der Waals surface area contributed by atoms with Gasteiger partial charge in [0.1, 0.15) is 3.53 Å². The second kappa shape index (κ2) is 11.8. The van der Waals surface area contributed by atoms with Crippen molar-refractivity contribution in [2.24, 2.45) is 0 Å². The average Bonchev–Trinajstić information content (AvgIpc) is 2.03. The van der Waals surface area contributed by atoms with Crippen molar-refractivity contribution in [1.82, 2.24) is 0 Å². The van der Waals surface area contributed by atoms with Crippen LogP contribution in [0.4, 0.5) is 0 Å². The maximum absolute atomic E-state index is 10.3. The van der Waals surface area contributed by atoms with E-state index in [0.717, 1.165) is 23.5 Å². The zero-order chi connectivity index (χ0) is 11.3. The van der Waals surface area contributed by atoms with E-state index in [1.54, 1.807) is 0 Å². The number of thiocarbonyl (C=S) groups is 1. The molecule has 0 aromatic rings. The van der Waals surface area contributed by atoms with Crippen LogP contribution in [0, 0.1) is 0 Å². The normalized spacial score (nSPS) is 12.6. The molecular formula is C7H8Na2O4S3. The first-order valence-electron chi connectivity index (χ1n) is 3.63. The zero-order valence-electron chi connectivity index (χ0n) is 9.51. The minimum atomic E-state index is -1.22. The van der Waals surface area contributed by atoms with Crippen LogP contribution in [0.2, 0.25) is 0 Å². The number of carbonyl (C=O) groups excluding carboxylic acids is 2. The fourth-order valence-corrected chi connectivity index (χ4v) is 3.14. The second-order valence-corrected chi connectivity index (χ2v) is 6.29. The third-order valence-electron chi connectivity index (χ3n) is 1.21. The van der Waals surface area contributed by atoms with Gasteiger partial charge in [0.25, 0.3) is 0 Å². The summed E-state index contributed by atoms with van der Waals surface area (Å²) in [4.78, 5) is 20.6. The van der Waals surface area contributed by atoms with Gasteiger partial charge in [-0.1, -0.05) is 35.7 Å². The van der Waals surface area contributed by atoms with Crippen LogP contribution in [-0.4, -0.2) is 26.0 Å². The van der Waals surface area contributed by atoms with E-state index in [9.17, 15) is 19.8 Å². The first-order chi connectivity index (χ1) is 6.34. The molecule has 0 N–H and O–H groups in total. The predicted octanol–water partition coefficient (Wildman–Crippen LogP) is -6.98. The molecule has 80 valence electrons. The molecule has 0 bridgehead atoms. The minimum Gasteiger partial charge on any atom is -0.549 e. The van der Waals surface area contributed by atoms with Gasteiger partial charge in [-0.15, -0.1) is 0 Å². The topological polar surface area (TPSA) is 80.3 Å². The molecule has 0 heterocycles. The molecule has 0 aromatic heterocycles. The molecule has 0 aliphatic heterocycles. The van der Waals surface area contributed by atoms with Crippen LogP contribution >= 0.6 is 35.7 Å². The summed E-state index contributed by atoms with van der Waals surface area (Å²) in [7, 11) is 0. The van der Waals surface area contributed by atoms with Crippen LogP contribution in [0.15, 0.2) is 0 Å². The Bertz CT molecular complexity index is 238. The van der Waals surface area contributed by atoms with Crippen LogP contribution in [0.5, 0.6) is 0 Å². The summed E-state index contributed by atoms with van der Waals surface area (Å²) in [5.74, 6) is -2.45. The van der Waals surface area contributed by atoms with Gasteiger partial charge < -0.3 is 19.8 Å². The molecule has 0 aliphatic rings. The summed E-state index contributed by atoms with van der Waals surface area (Å²) >= 11 is 6.58. The van der Waals surface area contributed by atoms with Crippen LogP contribution in [0.1, 0.15) is 13.8 Å². The summed E-state index contributed by atoms with van der Waals surface area (Å²) in [5, 5.41) is 19.1. The van der Waals surface area contributed by atoms with E-state index < -0.39 is 22.4 Å². The summed E-state index contributed by atoms with van der Waals surface area (Å²) in [6, 6.07) is 0. The molecule has 0 rings (SSSR count). The number of thioether (sulfide) groups is 2. The Morgan fingerprint density at radius 3 is 1.44 bits per heavy atom. The standard InChI is InChI=1S/C7H10O4S3.2Na/c1-3(5(8)9)13-7(12)14-4(2)6(10)11;;/h3-4H,1-2H3,(H,8,9)(H,10,11);;/q;2*+1/p-2. The first kappa shape index (κ1) is 22.9. The molecule has 0 aromatic carbocycles. The van der Waals surface area contributed by atoms with Gasteiger partial charge in [-0.3, -0.25) is 0 Å². The van der Waals surface area contributed by atoms with E-state index in [2.05, 4.69) is 0 Å². The molecule has 0 radical (unpaired) electrons. The zero-order valence-corrected chi connectivity index (χ0v) is 16.0. The Morgan fingerprint density at radius 1 is 1.00 bits per heavy atom. The summed E-state index contributed by atoms with van der Waals surface area (Å²) in [6.45, 7) is 2.85. The molecule has 0 saturated carbocycles. The third kappa shape index (κ3) is 10.9. The number of carbonyl (C=O) groups is 2. The van der Waals surface area contributed by atoms with Gasteiger partial charge in [0.15, 0.2) is 0 Å². The maximum Gasteiger partial charge on any atom is 1.00 e. The van der Waals surface area contributed by atoms with Crippen molar-refractivity contribution in [3.05, 3.63) is 0 Å². The van der Waals surface area contributed by atoms with Gasteiger partial charge in [-0.05, 0) is 13.8 Å². The molecule has 0 amide bonds. The van der Waals surface area contributed by atoms with Crippen molar-refractivity contribution in [3.8, 4) is 0 Å². The Labute approximate surface area is 152 Å². The van der Waals surface area contributed by atoms with Crippen LogP contribution in [-0.2, 0) is 9.59 Å². The van der Waals surface area contributed by atoms with Crippen LogP contribution in [0.25, 0.3) is 0 Å². The van der Waals surface area contributed by atoms with Crippen molar-refractivity contribution >= 4 is 51.2 Å². The fraction of sp³-hybridized carbons (Fsp3) is 0.571. The molecule has 0 aliphatic carbocycles. The van der Waals surface area contributed by atoms with E-state index >= 15 is 0 Å². The maximum atomic E-state index is 10.3. The van der Waals surface area contributed by atoms with Crippen LogP contribution < -0.4 is 69.3 Å². The molecule has 0 fully saturated rings. The van der Waals surface area contributed by atoms with E-state index in [4.69, 9.17) is 12.2 Å². The van der Waals surface area contributed by atoms with Gasteiger partial charge in [0.2, 0.25) is 0 Å². The van der Waals surface area contributed by atoms with E-state index in [0.29, 0.717) is 0 Å². The first-order valence-corrected chi connectivity index (χ1v) is 5.80. The van der Waals surface area contributed by atoms with Crippen molar-refractivity contribution < 1.29 is 78.9 Å². The Balaban J connectivity index is -0.000000845. The van der Waals surface area contributed by atoms with E-state index in [-0.39, 0.29) is 62.6 Å². The smallest absolute Gasteiger partial charge is 0.549 e. The Morgan fingerprint density at radius 2 is 1.25 bits per heavy atom. The largest absolute Gasteiger partial charge is 1.00 e. The average molecular weight is 298 g/mol. The number of rotatable bonds is 4. The SMILES string of the molecule is CC(SC(=S)SC(C)C(=O)[O-])C(=O)[O-].[Na+].[Na+]. The van der Waals surface area contributed by atoms with Crippen molar-refractivity contribution in [2.45, 2.75) is 24.3 Å². The number of carboxylic acids is 2. The monoisotopic (exact) mass is 298 g/mol. The molecule has 2 atom stereocenters. The van der Waals surface area contributed by atoms with Gasteiger partial charge in [0, 0.05) is 10.5 Å². The van der Waals surface area contributed by atoms with Gasteiger partial charge >= 0.3 is 59.1 Å². The van der Waals surface area contributed by atoms with E-state index in [1.807, 2.05) is 0 Å². The Hall–Kier alpha value is 1.73. The van der Waals surface area contributed by atoms with Crippen molar-refractivity contribution in [1.29, 1.82) is 0 Å². The fourth-order valence-electron chi connectivity index (χ4n) is 0.413. The number of carboxylic acid groups (broad SMARTS) is 2. The summed E-state index contributed by atoms with van der Waals surface area (Å²) in [6.07, 6.45) is 0. The van der Waals surface area contributed by atoms with Crippen molar-refractivity contribution in [3.63, 3.8) is 0 Å². The van der Waals surface area contributed by atoms with Crippen LogP contribution in [0.3, 0.4) is 0 Å². The number of hydrogen-bond acceptors (Lipinski definition) is 7. The van der Waals surface area contributed by atoms with Gasteiger partial charge in [0.05, 0.1) is 11.9 Å². The molecule has 0 spiro atoms. The van der Waals surface area contributed by atoms with E-state index in [1.165, 1.54) is 13.8 Å². The second-order valence-electron chi connectivity index (χ2n) is 2.41. The molecular weight excluding hydrogens is 290 g/mol. The quantitative estimate of drug-likeness (QED) is 0.377. The summed E-state index contributed by atoms with van der Waals surface area (Å²) in [5.41, 5.74) is 0. The molecule has 9 heteroatoms. The number of aliphatic carboxylic acids is 2.